The van der Waals surface area contributed by atoms with Gasteiger partial charge in [0.2, 0.25) is 0 Å². The predicted molar refractivity (Wildman–Crippen MR) is 145 cm³/mol. The third kappa shape index (κ3) is 4.68. The first-order valence-corrected chi connectivity index (χ1v) is 13.7. The van der Waals surface area contributed by atoms with E-state index in [0.717, 1.165) is 53.8 Å². The fourth-order valence-corrected chi connectivity index (χ4v) is 6.88. The standard InChI is InChI=1S/C28H26Br2N2O4/c1-32-20-9-5-11-22(33)26(20)25(27-21(32)10-6-12-23(27)34)16-13-18(29)28(19(30)14-16)36-15-24(35)31-17-7-3-2-4-8-17/h2-4,7-8,13-14,25H,5-6,9-12,15H2,1H3,(H,31,35). The van der Waals surface area contributed by atoms with Crippen LogP contribution in [0.25, 0.3) is 0 Å². The molecule has 186 valence electrons. The fraction of sp³-hybridized carbons (Fsp3) is 0.321. The van der Waals surface area contributed by atoms with Gasteiger partial charge in [-0.15, -0.1) is 0 Å². The Kier molecular flexibility index (Phi) is 7.17. The zero-order valence-electron chi connectivity index (χ0n) is 19.9. The molecule has 0 radical (unpaired) electrons. The number of rotatable bonds is 5. The van der Waals surface area contributed by atoms with Crippen LogP contribution in [0.5, 0.6) is 5.75 Å². The third-order valence-corrected chi connectivity index (χ3v) is 8.18. The maximum absolute atomic E-state index is 13.2. The van der Waals surface area contributed by atoms with Crippen LogP contribution < -0.4 is 10.1 Å². The highest BCUT2D eigenvalue weighted by molar-refractivity contribution is 9.11. The molecule has 5 rings (SSSR count). The van der Waals surface area contributed by atoms with Crippen LogP contribution in [0.1, 0.15) is 50.0 Å². The second kappa shape index (κ2) is 10.3. The minimum Gasteiger partial charge on any atom is -0.481 e. The van der Waals surface area contributed by atoms with E-state index in [-0.39, 0.29) is 24.1 Å². The van der Waals surface area contributed by atoms with Gasteiger partial charge in [-0.3, -0.25) is 14.4 Å². The highest BCUT2D eigenvalue weighted by Crippen LogP contribution is 2.50. The summed E-state index contributed by atoms with van der Waals surface area (Å²) in [6, 6.07) is 13.0. The Morgan fingerprint density at radius 2 is 1.50 bits per heavy atom. The first-order chi connectivity index (χ1) is 17.3. The summed E-state index contributed by atoms with van der Waals surface area (Å²) in [5.74, 6) is 0.0500. The molecule has 1 aliphatic heterocycles. The van der Waals surface area contributed by atoms with Crippen molar-refractivity contribution in [2.45, 2.75) is 44.4 Å². The first kappa shape index (κ1) is 25.0. The van der Waals surface area contributed by atoms with Gasteiger partial charge in [0.25, 0.3) is 5.91 Å². The van der Waals surface area contributed by atoms with Crippen molar-refractivity contribution in [1.82, 2.24) is 4.90 Å². The normalized spacial score (nSPS) is 18.2. The molecular formula is C28H26Br2N2O4. The van der Waals surface area contributed by atoms with Crippen LogP contribution in [0.15, 0.2) is 74.0 Å². The number of Topliss-reactive ketones (excluding diaryl/α,β-unsaturated/α-hetero) is 2. The number of nitrogens with zero attached hydrogens (tertiary/aromatic N) is 1. The van der Waals surface area contributed by atoms with Crippen molar-refractivity contribution in [2.24, 2.45) is 0 Å². The second-order valence-corrected chi connectivity index (χ2v) is 11.0. The lowest BCUT2D eigenvalue weighted by molar-refractivity contribution is -0.118. The maximum Gasteiger partial charge on any atom is 0.262 e. The topological polar surface area (TPSA) is 75.7 Å². The molecule has 0 bridgehead atoms. The molecule has 0 saturated heterocycles. The molecule has 2 aromatic carbocycles. The summed E-state index contributed by atoms with van der Waals surface area (Å²) >= 11 is 7.20. The fourth-order valence-electron chi connectivity index (χ4n) is 5.43. The quantitative estimate of drug-likeness (QED) is 0.430. The Bertz CT molecular complexity index is 1250. The van der Waals surface area contributed by atoms with Crippen molar-refractivity contribution >= 4 is 55.0 Å². The minimum absolute atomic E-state index is 0.114. The molecule has 0 spiro atoms. The van der Waals surface area contributed by atoms with Gasteiger partial charge < -0.3 is 15.0 Å². The lowest BCUT2D eigenvalue weighted by Crippen LogP contribution is -2.37. The molecule has 8 heteroatoms. The van der Waals surface area contributed by atoms with Crippen LogP contribution >= 0.6 is 31.9 Å². The van der Waals surface area contributed by atoms with E-state index in [1.807, 2.05) is 49.5 Å². The summed E-state index contributed by atoms with van der Waals surface area (Å²) < 4.78 is 7.14. The summed E-state index contributed by atoms with van der Waals surface area (Å²) in [7, 11) is 1.99. The van der Waals surface area contributed by atoms with Crippen molar-refractivity contribution in [3.63, 3.8) is 0 Å². The van der Waals surface area contributed by atoms with Gasteiger partial charge in [-0.1, -0.05) is 18.2 Å². The molecular weight excluding hydrogens is 588 g/mol. The van der Waals surface area contributed by atoms with E-state index in [1.54, 1.807) is 0 Å². The SMILES string of the molecule is CN1C2=C(C(=O)CCC2)C(c2cc(Br)c(OCC(=O)Nc3ccccc3)c(Br)c2)C2=C1CCCC2=O. The molecule has 1 heterocycles. The zero-order valence-corrected chi connectivity index (χ0v) is 23.1. The van der Waals surface area contributed by atoms with Crippen molar-refractivity contribution in [1.29, 1.82) is 0 Å². The van der Waals surface area contributed by atoms with Crippen LogP contribution in [-0.4, -0.2) is 36.0 Å². The predicted octanol–water partition coefficient (Wildman–Crippen LogP) is 6.27. The van der Waals surface area contributed by atoms with Crippen LogP contribution in [-0.2, 0) is 14.4 Å². The van der Waals surface area contributed by atoms with Gasteiger partial charge in [-0.05, 0) is 87.4 Å². The highest BCUT2D eigenvalue weighted by Gasteiger charge is 2.42. The number of halogens is 2. The number of carbonyl (C=O) groups excluding carboxylic acids is 3. The first-order valence-electron chi connectivity index (χ1n) is 12.1. The average Bonchev–Trinajstić information content (AvgIpc) is 2.85. The Labute approximate surface area is 227 Å². The van der Waals surface area contributed by atoms with E-state index in [9.17, 15) is 14.4 Å². The number of benzene rings is 2. The molecule has 0 atom stereocenters. The lowest BCUT2D eigenvalue weighted by Gasteiger charge is -2.42. The van der Waals surface area contributed by atoms with Gasteiger partial charge in [0.1, 0.15) is 5.75 Å². The third-order valence-electron chi connectivity index (χ3n) is 7.00. The number of hydrogen-bond donors (Lipinski definition) is 1. The number of nitrogens with one attached hydrogen (secondary N) is 1. The molecule has 0 aromatic heterocycles. The van der Waals surface area contributed by atoms with Gasteiger partial charge in [-0.2, -0.15) is 0 Å². The van der Waals surface area contributed by atoms with Gasteiger partial charge >= 0.3 is 0 Å². The Morgan fingerprint density at radius 3 is 2.06 bits per heavy atom. The summed E-state index contributed by atoms with van der Waals surface area (Å²) in [5, 5.41) is 2.80. The van der Waals surface area contributed by atoms with E-state index in [0.29, 0.717) is 33.2 Å². The molecule has 2 aromatic rings. The second-order valence-electron chi connectivity index (χ2n) is 9.28. The van der Waals surface area contributed by atoms with Crippen LogP contribution in [0.3, 0.4) is 0 Å². The van der Waals surface area contributed by atoms with Crippen LogP contribution in [0.2, 0.25) is 0 Å². The number of allylic oxidation sites excluding steroid dienone is 4. The number of para-hydroxylation sites is 1. The van der Waals surface area contributed by atoms with Crippen molar-refractivity contribution in [3.05, 3.63) is 79.5 Å². The number of hydrogen-bond acceptors (Lipinski definition) is 5. The molecule has 6 nitrogen and oxygen atoms in total. The molecule has 0 saturated carbocycles. The molecule has 36 heavy (non-hydrogen) atoms. The average molecular weight is 614 g/mol. The zero-order chi connectivity index (χ0) is 25.4. The van der Waals surface area contributed by atoms with Gasteiger partial charge in [-0.25, -0.2) is 0 Å². The van der Waals surface area contributed by atoms with Gasteiger partial charge in [0.15, 0.2) is 18.2 Å². The smallest absolute Gasteiger partial charge is 0.262 e. The number of ketones is 2. The monoisotopic (exact) mass is 612 g/mol. The van der Waals surface area contributed by atoms with Gasteiger partial charge in [0, 0.05) is 54.0 Å². The molecule has 1 amide bonds. The number of anilines is 1. The molecule has 0 fully saturated rings. The minimum atomic E-state index is -0.394. The Balaban J connectivity index is 1.46. The van der Waals surface area contributed by atoms with Crippen molar-refractivity contribution in [3.8, 4) is 5.75 Å². The van der Waals surface area contributed by atoms with Crippen molar-refractivity contribution < 1.29 is 19.1 Å². The van der Waals surface area contributed by atoms with Crippen molar-refractivity contribution in [2.75, 3.05) is 19.0 Å². The van der Waals surface area contributed by atoms with E-state index >= 15 is 0 Å². The van der Waals surface area contributed by atoms with E-state index in [1.165, 1.54) is 0 Å². The van der Waals surface area contributed by atoms with E-state index < -0.39 is 5.92 Å². The summed E-state index contributed by atoms with van der Waals surface area (Å²) in [5.41, 5.74) is 5.11. The van der Waals surface area contributed by atoms with Gasteiger partial charge in [0.05, 0.1) is 8.95 Å². The lowest BCUT2D eigenvalue weighted by atomic mass is 9.71. The Hall–Kier alpha value is -2.71. The summed E-state index contributed by atoms with van der Waals surface area (Å²) in [4.78, 5) is 40.9. The molecule has 2 aliphatic carbocycles. The summed E-state index contributed by atoms with van der Waals surface area (Å²) in [6.45, 7) is -0.165. The van der Waals surface area contributed by atoms with Crippen LogP contribution in [0, 0.1) is 0 Å². The Morgan fingerprint density at radius 1 is 0.944 bits per heavy atom. The maximum atomic E-state index is 13.2. The number of carbonyl (C=O) groups is 3. The largest absolute Gasteiger partial charge is 0.481 e. The van der Waals surface area contributed by atoms with Crippen LogP contribution in [0.4, 0.5) is 5.69 Å². The molecule has 1 N–H and O–H groups in total. The number of amides is 1. The van der Waals surface area contributed by atoms with E-state index in [4.69, 9.17) is 4.74 Å². The molecule has 3 aliphatic rings. The molecule has 0 unspecified atom stereocenters. The number of ether oxygens (including phenoxy) is 1. The van der Waals surface area contributed by atoms with E-state index in [2.05, 4.69) is 42.1 Å². The summed E-state index contributed by atoms with van der Waals surface area (Å²) in [6.07, 6.45) is 4.32. The highest BCUT2D eigenvalue weighted by atomic mass is 79.9.